The van der Waals surface area contributed by atoms with Crippen molar-refractivity contribution < 1.29 is 9.84 Å². The first-order valence-corrected chi connectivity index (χ1v) is 8.20. The second-order valence-electron chi connectivity index (χ2n) is 5.77. The quantitative estimate of drug-likeness (QED) is 0.556. The number of aromatic nitrogens is 3. The molecule has 0 saturated heterocycles. The van der Waals surface area contributed by atoms with Gasteiger partial charge in [0.2, 0.25) is 0 Å². The van der Waals surface area contributed by atoms with Gasteiger partial charge in [-0.15, -0.1) is 12.4 Å². The molecular formula is C21H18ClN3O2. The fraction of sp³-hybridized carbons (Fsp3) is 0.0476. The van der Waals surface area contributed by atoms with E-state index in [2.05, 4.69) is 4.98 Å². The summed E-state index contributed by atoms with van der Waals surface area (Å²) >= 11 is 0. The zero-order valence-electron chi connectivity index (χ0n) is 14.6. The predicted molar refractivity (Wildman–Crippen MR) is 108 cm³/mol. The van der Waals surface area contributed by atoms with E-state index in [4.69, 9.17) is 9.84 Å². The van der Waals surface area contributed by atoms with Crippen LogP contribution in [0.2, 0.25) is 0 Å². The van der Waals surface area contributed by atoms with E-state index in [0.717, 1.165) is 22.6 Å². The van der Waals surface area contributed by atoms with E-state index >= 15 is 0 Å². The number of halogens is 1. The Balaban J connectivity index is 0.00000210. The first-order valence-electron chi connectivity index (χ1n) is 8.20. The van der Waals surface area contributed by atoms with Crippen molar-refractivity contribution in [2.24, 2.45) is 0 Å². The lowest BCUT2D eigenvalue weighted by Gasteiger charge is -2.08. The van der Waals surface area contributed by atoms with Crippen molar-refractivity contribution in [3.8, 4) is 39.8 Å². The van der Waals surface area contributed by atoms with E-state index in [0.29, 0.717) is 11.4 Å². The number of ether oxygens (including phenoxy) is 1. The number of rotatable bonds is 4. The molecule has 5 nitrogen and oxygen atoms in total. The van der Waals surface area contributed by atoms with Gasteiger partial charge in [-0.25, -0.2) is 4.68 Å². The Morgan fingerprint density at radius 2 is 1.56 bits per heavy atom. The molecule has 0 aliphatic rings. The number of hydrogen-bond acceptors (Lipinski definition) is 4. The molecule has 4 rings (SSSR count). The molecule has 0 radical (unpaired) electrons. The number of nitrogens with zero attached hydrogens (tertiary/aromatic N) is 3. The second-order valence-corrected chi connectivity index (χ2v) is 5.77. The maximum Gasteiger partial charge on any atom is 0.176 e. The molecule has 2 heterocycles. The summed E-state index contributed by atoms with van der Waals surface area (Å²) in [4.78, 5) is 4.36. The normalized spacial score (nSPS) is 10.3. The van der Waals surface area contributed by atoms with Crippen LogP contribution in [0, 0.1) is 0 Å². The summed E-state index contributed by atoms with van der Waals surface area (Å²) in [7, 11) is 1.52. The third-order valence-corrected chi connectivity index (χ3v) is 4.11. The molecule has 0 fully saturated rings. The van der Waals surface area contributed by atoms with Crippen molar-refractivity contribution in [3.63, 3.8) is 0 Å². The molecule has 6 heteroatoms. The summed E-state index contributed by atoms with van der Waals surface area (Å²) in [5, 5.41) is 14.6. The van der Waals surface area contributed by atoms with Gasteiger partial charge in [0.05, 0.1) is 36.1 Å². The molecule has 1 N–H and O–H groups in total. The average Bonchev–Trinajstić information content (AvgIpc) is 3.15. The Hall–Kier alpha value is -3.31. The summed E-state index contributed by atoms with van der Waals surface area (Å²) in [5.41, 5.74) is 4.28. The molecule has 0 aliphatic carbocycles. The summed E-state index contributed by atoms with van der Waals surface area (Å²) < 4.78 is 7.07. The first kappa shape index (κ1) is 18.5. The monoisotopic (exact) mass is 379 g/mol. The minimum atomic E-state index is 0. The smallest absolute Gasteiger partial charge is 0.176 e. The van der Waals surface area contributed by atoms with Crippen LogP contribution < -0.4 is 4.74 Å². The van der Waals surface area contributed by atoms with Gasteiger partial charge in [-0.1, -0.05) is 48.5 Å². The minimum Gasteiger partial charge on any atom is -0.503 e. The lowest BCUT2D eigenvalue weighted by molar-refractivity contribution is 0.372. The molecule has 0 bridgehead atoms. The van der Waals surface area contributed by atoms with Crippen LogP contribution in [0.3, 0.4) is 0 Å². The molecule has 2 aromatic heterocycles. The summed E-state index contributed by atoms with van der Waals surface area (Å²) in [5.74, 6) is 0.377. The Kier molecular flexibility index (Phi) is 5.43. The minimum absolute atomic E-state index is 0. The van der Waals surface area contributed by atoms with Gasteiger partial charge in [-0.05, 0) is 18.2 Å². The van der Waals surface area contributed by atoms with Gasteiger partial charge >= 0.3 is 0 Å². The number of para-hydroxylation sites is 1. The van der Waals surface area contributed by atoms with E-state index in [-0.39, 0.29) is 18.2 Å². The van der Waals surface area contributed by atoms with Gasteiger partial charge in [0, 0.05) is 11.6 Å². The van der Waals surface area contributed by atoms with Crippen molar-refractivity contribution in [1.29, 1.82) is 0 Å². The first-order chi connectivity index (χ1) is 12.8. The highest BCUT2D eigenvalue weighted by atomic mass is 35.5. The highest BCUT2D eigenvalue weighted by Crippen LogP contribution is 2.32. The predicted octanol–water partition coefficient (Wildman–Crippen LogP) is 4.74. The molecule has 136 valence electrons. The molecule has 0 atom stereocenters. The Morgan fingerprint density at radius 1 is 0.889 bits per heavy atom. The third-order valence-electron chi connectivity index (χ3n) is 4.11. The van der Waals surface area contributed by atoms with Crippen LogP contribution in [0.15, 0.2) is 79.0 Å². The maximum absolute atomic E-state index is 9.84. The molecule has 0 unspecified atom stereocenters. The van der Waals surface area contributed by atoms with Crippen LogP contribution >= 0.6 is 12.4 Å². The van der Waals surface area contributed by atoms with Crippen molar-refractivity contribution in [2.45, 2.75) is 0 Å². The van der Waals surface area contributed by atoms with E-state index in [1.54, 1.807) is 6.07 Å². The average molecular weight is 380 g/mol. The third kappa shape index (κ3) is 3.64. The number of methoxy groups -OCH3 is 1. The van der Waals surface area contributed by atoms with Crippen LogP contribution in [0.1, 0.15) is 0 Å². The van der Waals surface area contributed by atoms with Crippen molar-refractivity contribution in [2.75, 3.05) is 7.11 Å². The molecular weight excluding hydrogens is 362 g/mol. The molecule has 0 aliphatic heterocycles. The van der Waals surface area contributed by atoms with Gasteiger partial charge in [0.15, 0.2) is 11.5 Å². The highest BCUT2D eigenvalue weighted by Gasteiger charge is 2.15. The van der Waals surface area contributed by atoms with Crippen molar-refractivity contribution in [3.05, 3.63) is 79.0 Å². The zero-order chi connectivity index (χ0) is 17.9. The van der Waals surface area contributed by atoms with Crippen molar-refractivity contribution in [1.82, 2.24) is 14.8 Å². The molecule has 27 heavy (non-hydrogen) atoms. The van der Waals surface area contributed by atoms with Crippen LogP contribution in [0.4, 0.5) is 0 Å². The van der Waals surface area contributed by atoms with E-state index in [1.807, 2.05) is 71.4 Å². The van der Waals surface area contributed by atoms with Gasteiger partial charge in [-0.2, -0.15) is 5.10 Å². The molecule has 0 spiro atoms. The molecule has 0 saturated carbocycles. The number of pyridine rings is 1. The maximum atomic E-state index is 9.84. The van der Waals surface area contributed by atoms with Crippen molar-refractivity contribution >= 4 is 12.4 Å². The van der Waals surface area contributed by atoms with Crippen LogP contribution in [0.25, 0.3) is 28.3 Å². The van der Waals surface area contributed by atoms with Gasteiger partial charge in [0.1, 0.15) is 0 Å². The highest BCUT2D eigenvalue weighted by molar-refractivity contribution is 5.85. The zero-order valence-corrected chi connectivity index (χ0v) is 15.4. The largest absolute Gasteiger partial charge is 0.503 e. The van der Waals surface area contributed by atoms with E-state index in [9.17, 15) is 5.11 Å². The number of aromatic hydroxyl groups is 1. The SMILES string of the molecule is COc1cc(-c2cc(-c3ccccc3)nn2-c2ccccc2)ncc1O.Cl. The van der Waals surface area contributed by atoms with E-state index < -0.39 is 0 Å². The topological polar surface area (TPSA) is 60.2 Å². The molecule has 2 aromatic carbocycles. The molecule has 4 aromatic rings. The summed E-state index contributed by atoms with van der Waals surface area (Å²) in [6.45, 7) is 0. The lowest BCUT2D eigenvalue weighted by atomic mass is 10.1. The fourth-order valence-corrected chi connectivity index (χ4v) is 2.81. The fourth-order valence-electron chi connectivity index (χ4n) is 2.81. The van der Waals surface area contributed by atoms with Gasteiger partial charge in [-0.3, -0.25) is 4.98 Å². The van der Waals surface area contributed by atoms with Crippen LogP contribution in [-0.4, -0.2) is 27.0 Å². The summed E-state index contributed by atoms with van der Waals surface area (Å²) in [6, 6.07) is 23.6. The van der Waals surface area contributed by atoms with Gasteiger partial charge < -0.3 is 9.84 Å². The van der Waals surface area contributed by atoms with Gasteiger partial charge in [0.25, 0.3) is 0 Å². The number of benzene rings is 2. The molecule has 0 amide bonds. The van der Waals surface area contributed by atoms with Crippen LogP contribution in [0.5, 0.6) is 11.5 Å². The second kappa shape index (κ2) is 7.93. The Morgan fingerprint density at radius 3 is 2.22 bits per heavy atom. The lowest BCUT2D eigenvalue weighted by Crippen LogP contribution is -2.00. The number of hydrogen-bond donors (Lipinski definition) is 1. The van der Waals surface area contributed by atoms with E-state index in [1.165, 1.54) is 13.3 Å². The Labute approximate surface area is 163 Å². The van der Waals surface area contributed by atoms with Crippen LogP contribution in [-0.2, 0) is 0 Å². The summed E-state index contributed by atoms with van der Waals surface area (Å²) in [6.07, 6.45) is 1.39. The standard InChI is InChI=1S/C21H17N3O2.ClH/c1-26-21-13-18(22-14-20(21)25)19-12-17(15-8-4-2-5-9-15)23-24(19)16-10-6-3-7-11-16;/h2-14,25H,1H3;1H. The Bertz CT molecular complexity index is 1030.